The molecule has 0 aliphatic carbocycles. The highest BCUT2D eigenvalue weighted by atomic mass is 35.5. The van der Waals surface area contributed by atoms with Crippen LogP contribution < -0.4 is 16.0 Å². The van der Waals surface area contributed by atoms with E-state index in [2.05, 4.69) is 9.72 Å². The van der Waals surface area contributed by atoms with Gasteiger partial charge in [0.2, 0.25) is 0 Å². The number of H-pyrrole nitrogens is 1. The summed E-state index contributed by atoms with van der Waals surface area (Å²) < 4.78 is 70.4. The minimum atomic E-state index is -5.08. The summed E-state index contributed by atoms with van der Waals surface area (Å²) in [6, 6.07) is 5.05. The lowest BCUT2D eigenvalue weighted by Gasteiger charge is -2.23. The first-order valence-electron chi connectivity index (χ1n) is 12.2. The second-order valence-electron chi connectivity index (χ2n) is 9.76. The summed E-state index contributed by atoms with van der Waals surface area (Å²) in [7, 11) is 0.0694. The van der Waals surface area contributed by atoms with Gasteiger partial charge in [-0.25, -0.2) is 13.2 Å². The molecule has 40 heavy (non-hydrogen) atoms. The molecule has 15 heteroatoms. The molecule has 2 heterocycles. The van der Waals surface area contributed by atoms with E-state index in [0.717, 1.165) is 12.5 Å². The molecule has 1 saturated heterocycles. The Morgan fingerprint density at radius 2 is 1.85 bits per heavy atom. The Morgan fingerprint density at radius 3 is 2.45 bits per heavy atom. The molecule has 0 bridgehead atoms. The topological polar surface area (TPSA) is 105 Å². The number of likely N-dealkylation sites (tertiary alicyclic amines) is 1. The maximum atomic E-state index is 13.5. The molecule has 3 aromatic rings. The van der Waals surface area contributed by atoms with Crippen LogP contribution in [0, 0.1) is 0 Å². The molecule has 218 valence electrons. The fourth-order valence-corrected chi connectivity index (χ4v) is 6.38. The Labute approximate surface area is 238 Å². The average Bonchev–Trinajstić information content (AvgIpc) is 3.33. The Hall–Kier alpha value is -2.58. The third-order valence-electron chi connectivity index (χ3n) is 6.93. The van der Waals surface area contributed by atoms with E-state index in [1.807, 2.05) is 23.9 Å². The molecule has 1 aromatic heterocycles. The van der Waals surface area contributed by atoms with Crippen LogP contribution in [0.3, 0.4) is 0 Å². The van der Waals surface area contributed by atoms with Gasteiger partial charge in [0, 0.05) is 36.3 Å². The third kappa shape index (κ3) is 6.33. The SMILES string of the molecule is CCS(=O)(=O)c1ccc(Cl)cc1Cn1c(=O)[nH]c2c(Cl)c(CN3CCC(N(C)C)C3)c(OC(F)(F)F)cc2c1=O. The number of rotatable bonds is 8. The van der Waals surface area contributed by atoms with Crippen LogP contribution >= 0.6 is 23.2 Å². The highest BCUT2D eigenvalue weighted by Gasteiger charge is 2.34. The number of halogens is 5. The number of hydrogen-bond acceptors (Lipinski definition) is 7. The first kappa shape index (κ1) is 30.4. The van der Waals surface area contributed by atoms with Crippen LogP contribution in [-0.4, -0.2) is 73.1 Å². The molecule has 0 radical (unpaired) electrons. The first-order chi connectivity index (χ1) is 18.6. The van der Waals surface area contributed by atoms with Gasteiger partial charge in [0.15, 0.2) is 9.84 Å². The molecule has 2 aromatic carbocycles. The van der Waals surface area contributed by atoms with Crippen LogP contribution in [0.25, 0.3) is 10.9 Å². The third-order valence-corrected chi connectivity index (χ3v) is 9.41. The highest BCUT2D eigenvalue weighted by Crippen LogP contribution is 2.37. The van der Waals surface area contributed by atoms with Crippen molar-refractivity contribution in [2.75, 3.05) is 32.9 Å². The smallest absolute Gasteiger partial charge is 0.405 e. The van der Waals surface area contributed by atoms with E-state index in [9.17, 15) is 31.2 Å². The number of nitrogens with one attached hydrogen (secondary N) is 1. The van der Waals surface area contributed by atoms with Gasteiger partial charge in [-0.05, 0) is 50.3 Å². The first-order valence-corrected chi connectivity index (χ1v) is 14.7. The highest BCUT2D eigenvalue weighted by molar-refractivity contribution is 7.91. The van der Waals surface area contributed by atoms with E-state index in [0.29, 0.717) is 17.7 Å². The van der Waals surface area contributed by atoms with Crippen molar-refractivity contribution in [3.8, 4) is 5.75 Å². The average molecular weight is 623 g/mol. The molecule has 4 rings (SSSR count). The van der Waals surface area contributed by atoms with Gasteiger partial charge in [0.05, 0.1) is 33.1 Å². The van der Waals surface area contributed by atoms with Crippen LogP contribution in [0.4, 0.5) is 13.2 Å². The van der Waals surface area contributed by atoms with E-state index in [1.54, 1.807) is 0 Å². The molecule has 1 aliphatic rings. The lowest BCUT2D eigenvalue weighted by molar-refractivity contribution is -0.274. The van der Waals surface area contributed by atoms with E-state index < -0.39 is 39.7 Å². The normalized spacial score (nSPS) is 16.8. The number of aromatic nitrogens is 2. The predicted octanol–water partition coefficient (Wildman–Crippen LogP) is 3.87. The van der Waals surface area contributed by atoms with Gasteiger partial charge in [-0.15, -0.1) is 13.2 Å². The van der Waals surface area contributed by atoms with Crippen LogP contribution in [0.2, 0.25) is 10.0 Å². The number of nitrogens with zero attached hydrogens (tertiary/aromatic N) is 3. The fraction of sp³-hybridized carbons (Fsp3) is 0.440. The largest absolute Gasteiger partial charge is 0.573 e. The van der Waals surface area contributed by atoms with E-state index in [1.165, 1.54) is 25.1 Å². The van der Waals surface area contributed by atoms with Crippen molar-refractivity contribution in [2.24, 2.45) is 0 Å². The Balaban J connectivity index is 1.86. The molecular weight excluding hydrogens is 596 g/mol. The molecular formula is C25H27Cl2F3N4O5S. The predicted molar refractivity (Wildman–Crippen MR) is 146 cm³/mol. The minimum Gasteiger partial charge on any atom is -0.405 e. The molecule has 1 aliphatic heterocycles. The molecule has 1 N–H and O–H groups in total. The summed E-state index contributed by atoms with van der Waals surface area (Å²) in [5.74, 6) is -0.904. The number of aromatic amines is 1. The number of fused-ring (bicyclic) bond motifs is 1. The Morgan fingerprint density at radius 1 is 1.15 bits per heavy atom. The van der Waals surface area contributed by atoms with Crippen molar-refractivity contribution in [3.05, 3.63) is 66.3 Å². The lowest BCUT2D eigenvalue weighted by Crippen LogP contribution is -2.36. The van der Waals surface area contributed by atoms with Gasteiger partial charge in [0.1, 0.15) is 5.75 Å². The summed E-state index contributed by atoms with van der Waals surface area (Å²) in [5.41, 5.74) is -2.00. The summed E-state index contributed by atoms with van der Waals surface area (Å²) in [6.45, 7) is 2.11. The molecule has 0 spiro atoms. The van der Waals surface area contributed by atoms with Crippen LogP contribution in [0.1, 0.15) is 24.5 Å². The van der Waals surface area contributed by atoms with Crippen LogP contribution in [0.15, 0.2) is 38.8 Å². The van der Waals surface area contributed by atoms with Crippen molar-refractivity contribution in [2.45, 2.75) is 43.7 Å². The van der Waals surface area contributed by atoms with Gasteiger partial charge in [-0.1, -0.05) is 30.1 Å². The monoisotopic (exact) mass is 622 g/mol. The van der Waals surface area contributed by atoms with Crippen LogP contribution in [-0.2, 0) is 22.9 Å². The fourth-order valence-electron chi connectivity index (χ4n) is 4.78. The van der Waals surface area contributed by atoms with Crippen molar-refractivity contribution in [1.82, 2.24) is 19.4 Å². The zero-order valence-corrected chi connectivity index (χ0v) is 24.1. The van der Waals surface area contributed by atoms with Crippen molar-refractivity contribution >= 4 is 43.9 Å². The molecule has 0 amide bonds. The second kappa shape index (κ2) is 11.4. The van der Waals surface area contributed by atoms with Crippen LogP contribution in [0.5, 0.6) is 5.75 Å². The minimum absolute atomic E-state index is 0.00358. The summed E-state index contributed by atoms with van der Waals surface area (Å²) >= 11 is 12.6. The number of alkyl halides is 3. The Kier molecular flexibility index (Phi) is 8.63. The van der Waals surface area contributed by atoms with Crippen molar-refractivity contribution in [1.29, 1.82) is 0 Å². The number of hydrogen-bond donors (Lipinski definition) is 1. The maximum absolute atomic E-state index is 13.5. The molecule has 1 fully saturated rings. The van der Waals surface area contributed by atoms with Gasteiger partial charge >= 0.3 is 12.1 Å². The second-order valence-corrected chi connectivity index (χ2v) is 12.8. The summed E-state index contributed by atoms with van der Waals surface area (Å²) in [5, 5.41) is -0.409. The number of ether oxygens (including phenoxy) is 1. The van der Waals surface area contributed by atoms with E-state index in [4.69, 9.17) is 23.2 Å². The molecule has 1 unspecified atom stereocenters. The number of benzene rings is 2. The van der Waals surface area contributed by atoms with Gasteiger partial charge < -0.3 is 14.6 Å². The summed E-state index contributed by atoms with van der Waals surface area (Å²) in [4.78, 5) is 32.8. The van der Waals surface area contributed by atoms with Crippen molar-refractivity contribution < 1.29 is 26.3 Å². The summed E-state index contributed by atoms with van der Waals surface area (Å²) in [6.07, 6.45) is -4.28. The Bertz CT molecular complexity index is 1670. The standard InChI is InChI=1S/C25H27Cl2F3N4O5S/c1-4-40(37,38)20-6-5-15(26)9-14(20)11-34-23(35)17-10-19(39-25(28,29)30)18(21(27)22(17)31-24(34)36)13-33-8-7-16(12-33)32(2)3/h5-6,9-10,16H,4,7-8,11-13H2,1-3H3,(H,31,36). The molecule has 9 nitrogen and oxygen atoms in total. The molecule has 0 saturated carbocycles. The van der Waals surface area contributed by atoms with Crippen molar-refractivity contribution in [3.63, 3.8) is 0 Å². The lowest BCUT2D eigenvalue weighted by atomic mass is 10.1. The maximum Gasteiger partial charge on any atom is 0.573 e. The van der Waals surface area contributed by atoms with E-state index in [-0.39, 0.29) is 55.3 Å². The quantitative estimate of drug-likeness (QED) is 0.407. The number of sulfone groups is 1. The van der Waals surface area contributed by atoms with Gasteiger partial charge in [-0.2, -0.15) is 0 Å². The zero-order valence-electron chi connectivity index (χ0n) is 21.8. The van der Waals surface area contributed by atoms with E-state index >= 15 is 0 Å². The molecule has 1 atom stereocenters. The van der Waals surface area contributed by atoms with Gasteiger partial charge in [0.25, 0.3) is 5.56 Å². The number of likely N-dealkylation sites (N-methyl/N-ethyl adjacent to an activating group) is 1. The van der Waals surface area contributed by atoms with Gasteiger partial charge in [-0.3, -0.25) is 14.3 Å². The zero-order chi connectivity index (χ0) is 29.6.